The highest BCUT2D eigenvalue weighted by Gasteiger charge is 2.06. The van der Waals surface area contributed by atoms with Crippen LogP contribution in [-0.4, -0.2) is 22.0 Å². The summed E-state index contributed by atoms with van der Waals surface area (Å²) in [7, 11) is 1.95. The summed E-state index contributed by atoms with van der Waals surface area (Å²) in [4.78, 5) is 12.1. The second-order valence-corrected chi connectivity index (χ2v) is 6.14. The van der Waals surface area contributed by atoms with Gasteiger partial charge in [0.2, 0.25) is 0 Å². The molecule has 0 aliphatic carbocycles. The third-order valence-electron chi connectivity index (χ3n) is 4.20. The van der Waals surface area contributed by atoms with E-state index in [2.05, 4.69) is 44.5 Å². The number of nitrogens with zero attached hydrogens (tertiary/aromatic N) is 2. The fraction of sp³-hybridized carbons (Fsp3) is 0.143. The van der Waals surface area contributed by atoms with Crippen LogP contribution in [0.5, 0.6) is 5.75 Å². The van der Waals surface area contributed by atoms with Gasteiger partial charge in [-0.05, 0) is 42.4 Å². The largest absolute Gasteiger partial charge is 0.489 e. The van der Waals surface area contributed by atoms with Crippen LogP contribution in [0.2, 0.25) is 0 Å². The zero-order chi connectivity index (χ0) is 17.8. The molecule has 0 saturated heterocycles. The summed E-state index contributed by atoms with van der Waals surface area (Å²) >= 11 is 0. The van der Waals surface area contributed by atoms with Gasteiger partial charge in [0.05, 0.1) is 11.0 Å². The molecule has 0 aliphatic rings. The minimum absolute atomic E-state index is 0.537. The van der Waals surface area contributed by atoms with Gasteiger partial charge in [0, 0.05) is 30.6 Å². The fourth-order valence-corrected chi connectivity index (χ4v) is 2.84. The first kappa shape index (κ1) is 16.3. The molecule has 2 aromatic heterocycles. The van der Waals surface area contributed by atoms with Crippen molar-refractivity contribution in [2.45, 2.75) is 13.2 Å². The van der Waals surface area contributed by atoms with Crippen LogP contribution in [0.15, 0.2) is 67.0 Å². The van der Waals surface area contributed by atoms with E-state index >= 15 is 0 Å². The zero-order valence-electron chi connectivity index (χ0n) is 14.6. The number of aromatic amines is 1. The van der Waals surface area contributed by atoms with Crippen LogP contribution < -0.4 is 10.1 Å². The Balaban J connectivity index is 1.48. The normalized spacial score (nSPS) is 11.0. The standard InChI is InChI=1S/C21H20N4O/c1-22-12-15-4-6-16(7-5-15)14-26-18-8-9-19-20(11-18)25-21(24-19)17-3-2-10-23-13-17/h2-11,13,22H,12,14H2,1H3,(H,24,25). The fourth-order valence-electron chi connectivity index (χ4n) is 2.84. The molecule has 0 radical (unpaired) electrons. The Morgan fingerprint density at radius 1 is 1.04 bits per heavy atom. The molecule has 26 heavy (non-hydrogen) atoms. The highest BCUT2D eigenvalue weighted by molar-refractivity contribution is 5.80. The number of benzene rings is 2. The summed E-state index contributed by atoms with van der Waals surface area (Å²) in [5.74, 6) is 1.63. The Kier molecular flexibility index (Phi) is 4.62. The van der Waals surface area contributed by atoms with Crippen molar-refractivity contribution in [3.05, 3.63) is 78.1 Å². The van der Waals surface area contributed by atoms with Crippen molar-refractivity contribution in [1.29, 1.82) is 0 Å². The second-order valence-electron chi connectivity index (χ2n) is 6.14. The van der Waals surface area contributed by atoms with Gasteiger partial charge in [-0.25, -0.2) is 4.98 Å². The first-order chi connectivity index (χ1) is 12.8. The quantitative estimate of drug-likeness (QED) is 0.556. The molecule has 5 nitrogen and oxygen atoms in total. The number of ether oxygens (including phenoxy) is 1. The van der Waals surface area contributed by atoms with Gasteiger partial charge in [-0.1, -0.05) is 24.3 Å². The van der Waals surface area contributed by atoms with Gasteiger partial charge in [-0.15, -0.1) is 0 Å². The molecule has 130 valence electrons. The van der Waals surface area contributed by atoms with E-state index in [-0.39, 0.29) is 0 Å². The Morgan fingerprint density at radius 2 is 1.88 bits per heavy atom. The molecule has 2 N–H and O–H groups in total. The summed E-state index contributed by atoms with van der Waals surface area (Å²) in [6.45, 7) is 1.41. The number of nitrogens with one attached hydrogen (secondary N) is 2. The summed E-state index contributed by atoms with van der Waals surface area (Å²) in [5, 5.41) is 3.15. The number of pyridine rings is 1. The van der Waals surface area contributed by atoms with Gasteiger partial charge in [-0.3, -0.25) is 4.98 Å². The number of aromatic nitrogens is 3. The molecule has 0 spiro atoms. The predicted octanol–water partition coefficient (Wildman–Crippen LogP) is 3.92. The van der Waals surface area contributed by atoms with Gasteiger partial charge in [0.15, 0.2) is 0 Å². The number of H-pyrrole nitrogens is 1. The Bertz CT molecular complexity index is 994. The Morgan fingerprint density at radius 3 is 2.65 bits per heavy atom. The maximum Gasteiger partial charge on any atom is 0.140 e. The van der Waals surface area contributed by atoms with Crippen molar-refractivity contribution < 1.29 is 4.74 Å². The number of hydrogen-bond donors (Lipinski definition) is 2. The molecule has 0 unspecified atom stereocenters. The second kappa shape index (κ2) is 7.37. The maximum absolute atomic E-state index is 5.94. The van der Waals surface area contributed by atoms with E-state index < -0.39 is 0 Å². The first-order valence-electron chi connectivity index (χ1n) is 8.57. The van der Waals surface area contributed by atoms with E-state index in [1.165, 1.54) is 5.56 Å². The van der Waals surface area contributed by atoms with Crippen LogP contribution in [-0.2, 0) is 13.2 Å². The predicted molar refractivity (Wildman–Crippen MR) is 103 cm³/mol. The van der Waals surface area contributed by atoms with E-state index in [0.717, 1.165) is 40.3 Å². The van der Waals surface area contributed by atoms with Crippen molar-refractivity contribution in [2.75, 3.05) is 7.05 Å². The zero-order valence-corrected chi connectivity index (χ0v) is 14.6. The number of fused-ring (bicyclic) bond motifs is 1. The van der Waals surface area contributed by atoms with Crippen LogP contribution in [0, 0.1) is 0 Å². The lowest BCUT2D eigenvalue weighted by atomic mass is 10.1. The summed E-state index contributed by atoms with van der Waals surface area (Å²) in [6.07, 6.45) is 3.55. The van der Waals surface area contributed by atoms with Crippen LogP contribution in [0.4, 0.5) is 0 Å². The van der Waals surface area contributed by atoms with Crippen molar-refractivity contribution in [1.82, 2.24) is 20.3 Å². The number of rotatable bonds is 6. The topological polar surface area (TPSA) is 62.8 Å². The molecular formula is C21H20N4O. The smallest absolute Gasteiger partial charge is 0.140 e. The summed E-state index contributed by atoms with van der Waals surface area (Å²) in [5.41, 5.74) is 5.23. The average Bonchev–Trinajstić information content (AvgIpc) is 3.12. The van der Waals surface area contributed by atoms with Crippen molar-refractivity contribution in [2.24, 2.45) is 0 Å². The molecule has 0 aliphatic heterocycles. The lowest BCUT2D eigenvalue weighted by Crippen LogP contribution is -2.05. The maximum atomic E-state index is 5.94. The van der Waals surface area contributed by atoms with E-state index in [4.69, 9.17) is 4.74 Å². The van der Waals surface area contributed by atoms with Gasteiger partial charge in [0.25, 0.3) is 0 Å². The van der Waals surface area contributed by atoms with Gasteiger partial charge in [0.1, 0.15) is 18.2 Å². The summed E-state index contributed by atoms with van der Waals surface area (Å²) < 4.78 is 5.94. The molecule has 0 saturated carbocycles. The lowest BCUT2D eigenvalue weighted by Gasteiger charge is -2.07. The SMILES string of the molecule is CNCc1ccc(COc2ccc3nc(-c4cccnc4)[nH]c3c2)cc1. The van der Waals surface area contributed by atoms with E-state index in [1.54, 1.807) is 12.4 Å². The number of imidazole rings is 1. The van der Waals surface area contributed by atoms with Crippen LogP contribution in [0.1, 0.15) is 11.1 Å². The first-order valence-corrected chi connectivity index (χ1v) is 8.57. The highest BCUT2D eigenvalue weighted by atomic mass is 16.5. The minimum atomic E-state index is 0.537. The van der Waals surface area contributed by atoms with Gasteiger partial charge in [-0.2, -0.15) is 0 Å². The molecule has 0 atom stereocenters. The molecular weight excluding hydrogens is 324 g/mol. The third-order valence-corrected chi connectivity index (χ3v) is 4.20. The van der Waals surface area contributed by atoms with Crippen LogP contribution >= 0.6 is 0 Å². The molecule has 2 heterocycles. The average molecular weight is 344 g/mol. The van der Waals surface area contributed by atoms with Gasteiger partial charge >= 0.3 is 0 Å². The monoisotopic (exact) mass is 344 g/mol. The number of hydrogen-bond acceptors (Lipinski definition) is 4. The molecule has 0 bridgehead atoms. The Hall–Kier alpha value is -3.18. The molecule has 4 aromatic rings. The Labute approximate surface area is 152 Å². The van der Waals surface area contributed by atoms with E-state index in [0.29, 0.717) is 6.61 Å². The van der Waals surface area contributed by atoms with Gasteiger partial charge < -0.3 is 15.0 Å². The van der Waals surface area contributed by atoms with Crippen LogP contribution in [0.3, 0.4) is 0 Å². The van der Waals surface area contributed by atoms with E-state index in [1.807, 2.05) is 37.4 Å². The molecule has 0 fully saturated rings. The highest BCUT2D eigenvalue weighted by Crippen LogP contribution is 2.24. The molecule has 4 rings (SSSR count). The molecule has 5 heteroatoms. The van der Waals surface area contributed by atoms with Crippen molar-refractivity contribution in [3.8, 4) is 17.1 Å². The van der Waals surface area contributed by atoms with Crippen molar-refractivity contribution >= 4 is 11.0 Å². The van der Waals surface area contributed by atoms with E-state index in [9.17, 15) is 0 Å². The molecule has 0 amide bonds. The van der Waals surface area contributed by atoms with Crippen molar-refractivity contribution in [3.63, 3.8) is 0 Å². The minimum Gasteiger partial charge on any atom is -0.489 e. The third kappa shape index (κ3) is 3.58. The lowest BCUT2D eigenvalue weighted by molar-refractivity contribution is 0.306. The van der Waals surface area contributed by atoms with Crippen LogP contribution in [0.25, 0.3) is 22.4 Å². The molecule has 2 aromatic carbocycles. The summed E-state index contributed by atoms with van der Waals surface area (Å²) in [6, 6.07) is 18.2.